The molecular formula is C18H21N5O. The third-order valence-electron chi connectivity index (χ3n) is 4.87. The van der Waals surface area contributed by atoms with Crippen molar-refractivity contribution in [3.63, 3.8) is 0 Å². The van der Waals surface area contributed by atoms with Crippen LogP contribution < -0.4 is 0 Å². The van der Waals surface area contributed by atoms with Gasteiger partial charge in [0.15, 0.2) is 0 Å². The van der Waals surface area contributed by atoms with E-state index in [1.54, 1.807) is 12.5 Å². The van der Waals surface area contributed by atoms with Crippen LogP contribution in [-0.4, -0.2) is 42.7 Å². The fourth-order valence-electron chi connectivity index (χ4n) is 3.59. The van der Waals surface area contributed by atoms with E-state index in [0.717, 1.165) is 37.0 Å². The fraction of sp³-hybridized carbons (Fsp3) is 0.389. The van der Waals surface area contributed by atoms with Gasteiger partial charge in [0, 0.05) is 18.9 Å². The Morgan fingerprint density at radius 1 is 1.33 bits per heavy atom. The number of fused-ring (bicyclic) bond motifs is 1. The Labute approximate surface area is 140 Å². The number of likely N-dealkylation sites (tertiary alicyclic amines) is 1. The summed E-state index contributed by atoms with van der Waals surface area (Å²) in [6, 6.07) is 9.81. The molecule has 1 aliphatic rings. The molecule has 2 aromatic heterocycles. The standard InChI is InChI=1S/C18H21N5O/c1-14(23-13-19-16-7-2-3-8-17(16)23)18(24)22-11-4-6-15(22)12-21-10-5-9-20-21/h2-3,5,7-10,13-15H,4,6,11-12H2,1H3/t14-,15+/m1/s1. The summed E-state index contributed by atoms with van der Waals surface area (Å²) < 4.78 is 3.88. The van der Waals surface area contributed by atoms with E-state index >= 15 is 0 Å². The number of hydrogen-bond acceptors (Lipinski definition) is 3. The van der Waals surface area contributed by atoms with Gasteiger partial charge < -0.3 is 9.47 Å². The molecule has 0 radical (unpaired) electrons. The molecule has 1 amide bonds. The highest BCUT2D eigenvalue weighted by Crippen LogP contribution is 2.25. The summed E-state index contributed by atoms with van der Waals surface area (Å²) in [5.74, 6) is 0.160. The summed E-state index contributed by atoms with van der Waals surface area (Å²) in [7, 11) is 0. The topological polar surface area (TPSA) is 56.0 Å². The molecule has 2 atom stereocenters. The van der Waals surface area contributed by atoms with E-state index in [0.29, 0.717) is 0 Å². The SMILES string of the molecule is C[C@H](C(=O)N1CCC[C@H]1Cn1cccn1)n1cnc2ccccc21. The van der Waals surface area contributed by atoms with Crippen LogP contribution in [0.2, 0.25) is 0 Å². The minimum atomic E-state index is -0.254. The van der Waals surface area contributed by atoms with Crippen LogP contribution in [0.4, 0.5) is 0 Å². The Bertz CT molecular complexity index is 838. The smallest absolute Gasteiger partial charge is 0.245 e. The number of para-hydroxylation sites is 2. The van der Waals surface area contributed by atoms with Gasteiger partial charge in [-0.15, -0.1) is 0 Å². The van der Waals surface area contributed by atoms with Crippen LogP contribution in [0.1, 0.15) is 25.8 Å². The van der Waals surface area contributed by atoms with Gasteiger partial charge in [-0.1, -0.05) is 12.1 Å². The van der Waals surface area contributed by atoms with Crippen molar-refractivity contribution in [1.29, 1.82) is 0 Å². The molecule has 124 valence electrons. The average Bonchev–Trinajstić information content (AvgIpc) is 3.34. The summed E-state index contributed by atoms with van der Waals surface area (Å²) in [4.78, 5) is 19.5. The van der Waals surface area contributed by atoms with Gasteiger partial charge in [0.1, 0.15) is 6.04 Å². The van der Waals surface area contributed by atoms with Crippen LogP contribution >= 0.6 is 0 Å². The predicted octanol–water partition coefficient (Wildman–Crippen LogP) is 2.49. The molecule has 3 heterocycles. The van der Waals surface area contributed by atoms with Crippen LogP contribution in [0.15, 0.2) is 49.1 Å². The number of benzene rings is 1. The summed E-state index contributed by atoms with van der Waals surface area (Å²) in [5, 5.41) is 4.27. The Hall–Kier alpha value is -2.63. The van der Waals surface area contributed by atoms with E-state index in [1.807, 2.05) is 57.6 Å². The molecule has 3 aromatic rings. The largest absolute Gasteiger partial charge is 0.336 e. The predicted molar refractivity (Wildman–Crippen MR) is 91.4 cm³/mol. The number of imidazole rings is 1. The molecule has 0 saturated carbocycles. The van der Waals surface area contributed by atoms with Crippen molar-refractivity contribution >= 4 is 16.9 Å². The molecule has 1 aromatic carbocycles. The third-order valence-corrected chi connectivity index (χ3v) is 4.87. The highest BCUT2D eigenvalue weighted by molar-refractivity contribution is 5.84. The first-order valence-corrected chi connectivity index (χ1v) is 8.43. The van der Waals surface area contributed by atoms with Crippen LogP contribution in [0, 0.1) is 0 Å². The molecule has 24 heavy (non-hydrogen) atoms. The lowest BCUT2D eigenvalue weighted by Crippen LogP contribution is -2.41. The third kappa shape index (κ3) is 2.58. The zero-order valence-corrected chi connectivity index (χ0v) is 13.7. The lowest BCUT2D eigenvalue weighted by Gasteiger charge is -2.28. The lowest BCUT2D eigenvalue weighted by atomic mass is 10.2. The van der Waals surface area contributed by atoms with Crippen molar-refractivity contribution in [2.75, 3.05) is 6.54 Å². The van der Waals surface area contributed by atoms with E-state index < -0.39 is 0 Å². The van der Waals surface area contributed by atoms with E-state index in [4.69, 9.17) is 0 Å². The van der Waals surface area contributed by atoms with Crippen LogP contribution in [0.25, 0.3) is 11.0 Å². The zero-order chi connectivity index (χ0) is 16.5. The average molecular weight is 323 g/mol. The number of amides is 1. The van der Waals surface area contributed by atoms with E-state index in [1.165, 1.54) is 0 Å². The van der Waals surface area contributed by atoms with Crippen molar-refractivity contribution < 1.29 is 4.79 Å². The highest BCUT2D eigenvalue weighted by Gasteiger charge is 2.32. The maximum atomic E-state index is 13.1. The van der Waals surface area contributed by atoms with Crippen molar-refractivity contribution in [3.05, 3.63) is 49.1 Å². The maximum absolute atomic E-state index is 13.1. The van der Waals surface area contributed by atoms with Crippen molar-refractivity contribution in [3.8, 4) is 0 Å². The second kappa shape index (κ2) is 6.11. The normalized spacial score (nSPS) is 19.0. The molecule has 0 spiro atoms. The molecule has 4 rings (SSSR count). The Morgan fingerprint density at radius 2 is 2.21 bits per heavy atom. The van der Waals surface area contributed by atoms with Gasteiger partial charge in [-0.25, -0.2) is 4.98 Å². The minimum absolute atomic E-state index is 0.160. The summed E-state index contributed by atoms with van der Waals surface area (Å²) in [6.07, 6.45) is 7.58. The molecular weight excluding hydrogens is 302 g/mol. The molecule has 6 nitrogen and oxygen atoms in total. The number of rotatable bonds is 4. The Balaban J connectivity index is 1.55. The molecule has 1 saturated heterocycles. The molecule has 1 aliphatic heterocycles. The van der Waals surface area contributed by atoms with Crippen LogP contribution in [0.5, 0.6) is 0 Å². The second-order valence-corrected chi connectivity index (χ2v) is 6.37. The van der Waals surface area contributed by atoms with Crippen LogP contribution in [-0.2, 0) is 11.3 Å². The van der Waals surface area contributed by atoms with E-state index in [2.05, 4.69) is 10.1 Å². The van der Waals surface area contributed by atoms with Crippen molar-refractivity contribution in [2.24, 2.45) is 0 Å². The van der Waals surface area contributed by atoms with E-state index in [-0.39, 0.29) is 18.0 Å². The van der Waals surface area contributed by atoms with Gasteiger partial charge in [-0.3, -0.25) is 9.48 Å². The first-order chi connectivity index (χ1) is 11.7. The monoisotopic (exact) mass is 323 g/mol. The molecule has 0 bridgehead atoms. The van der Waals surface area contributed by atoms with Crippen molar-refractivity contribution in [1.82, 2.24) is 24.2 Å². The first-order valence-electron chi connectivity index (χ1n) is 8.43. The minimum Gasteiger partial charge on any atom is -0.336 e. The van der Waals surface area contributed by atoms with Gasteiger partial charge in [0.25, 0.3) is 0 Å². The summed E-state index contributed by atoms with van der Waals surface area (Å²) in [5.41, 5.74) is 1.92. The quantitative estimate of drug-likeness (QED) is 0.741. The number of carbonyl (C=O) groups excluding carboxylic acids is 1. The Morgan fingerprint density at radius 3 is 3.04 bits per heavy atom. The molecule has 1 fully saturated rings. The molecule has 0 N–H and O–H groups in total. The second-order valence-electron chi connectivity index (χ2n) is 6.37. The van der Waals surface area contributed by atoms with Gasteiger partial charge in [-0.05, 0) is 38.0 Å². The zero-order valence-electron chi connectivity index (χ0n) is 13.7. The highest BCUT2D eigenvalue weighted by atomic mass is 16.2. The maximum Gasteiger partial charge on any atom is 0.245 e. The van der Waals surface area contributed by atoms with Crippen molar-refractivity contribution in [2.45, 2.75) is 38.4 Å². The molecule has 0 unspecified atom stereocenters. The van der Waals surface area contributed by atoms with E-state index in [9.17, 15) is 4.79 Å². The van der Waals surface area contributed by atoms with Gasteiger partial charge >= 0.3 is 0 Å². The van der Waals surface area contributed by atoms with Crippen LogP contribution in [0.3, 0.4) is 0 Å². The molecule has 0 aliphatic carbocycles. The molecule has 6 heteroatoms. The number of nitrogens with zero attached hydrogens (tertiary/aromatic N) is 5. The number of carbonyl (C=O) groups is 1. The number of aromatic nitrogens is 4. The summed E-state index contributed by atoms with van der Waals surface area (Å²) in [6.45, 7) is 3.54. The first kappa shape index (κ1) is 14.9. The number of hydrogen-bond donors (Lipinski definition) is 0. The fourth-order valence-corrected chi connectivity index (χ4v) is 3.59. The van der Waals surface area contributed by atoms with Gasteiger partial charge in [0.05, 0.1) is 29.9 Å². The van der Waals surface area contributed by atoms with Gasteiger partial charge in [-0.2, -0.15) is 5.10 Å². The Kier molecular flexibility index (Phi) is 3.80. The summed E-state index contributed by atoms with van der Waals surface area (Å²) >= 11 is 0. The van der Waals surface area contributed by atoms with Gasteiger partial charge in [0.2, 0.25) is 5.91 Å². The lowest BCUT2D eigenvalue weighted by molar-refractivity contribution is -0.135.